The van der Waals surface area contributed by atoms with Gasteiger partial charge in [0.25, 0.3) is 0 Å². The van der Waals surface area contributed by atoms with E-state index in [4.69, 9.17) is 4.74 Å². The van der Waals surface area contributed by atoms with Crippen molar-refractivity contribution in [3.63, 3.8) is 0 Å². The maximum atomic E-state index is 13.7. The molecule has 232 valence electrons. The molecule has 2 unspecified atom stereocenters. The number of unbranched alkanes of at least 4 members (excludes halogenated alkanes) is 16. The Morgan fingerprint density at radius 1 is 0.487 bits per heavy atom. The largest absolute Gasteiger partial charge is 0.442 e. The van der Waals surface area contributed by atoms with Crippen molar-refractivity contribution in [1.29, 1.82) is 0 Å². The van der Waals surface area contributed by atoms with E-state index in [1.165, 1.54) is 12.8 Å². The van der Waals surface area contributed by atoms with E-state index in [2.05, 4.69) is 13.8 Å². The Balaban J connectivity index is 5.05. The van der Waals surface area contributed by atoms with Crippen LogP contribution in [-0.2, 0) is 4.74 Å². The molecule has 0 fully saturated rings. The molecule has 9 heteroatoms. The summed E-state index contributed by atoms with van der Waals surface area (Å²) >= 11 is 0. The SMILES string of the molecule is CCCCCCCCCCCC(C=C(F)C(F)(F)F)OC(C=C(F)C(F)(F)F)CCCCCCCCCCC. The van der Waals surface area contributed by atoms with E-state index in [-0.39, 0.29) is 25.0 Å². The van der Waals surface area contributed by atoms with Gasteiger partial charge in [-0.1, -0.05) is 129 Å². The normalized spacial score (nSPS) is 15.1. The van der Waals surface area contributed by atoms with Gasteiger partial charge >= 0.3 is 12.4 Å². The van der Waals surface area contributed by atoms with Crippen LogP contribution in [0.3, 0.4) is 0 Å². The lowest BCUT2D eigenvalue weighted by Crippen LogP contribution is -2.23. The fourth-order valence-electron chi connectivity index (χ4n) is 4.43. The fourth-order valence-corrected chi connectivity index (χ4v) is 4.43. The molecular formula is C30H50F8O. The number of hydrogen-bond donors (Lipinski definition) is 0. The summed E-state index contributed by atoms with van der Waals surface area (Å²) in [5.74, 6) is -4.71. The number of allylic oxidation sites excluding steroid dienone is 2. The minimum atomic E-state index is -5.22. The Labute approximate surface area is 230 Å². The molecular weight excluding hydrogens is 528 g/mol. The molecule has 0 N–H and O–H groups in total. The standard InChI is InChI=1S/C30H50F8O/c1-3-5-7-9-11-13-15-17-19-21-25(23-27(31)29(33,34)35)39-26(24-28(32)30(36,37)38)22-20-18-16-14-12-10-8-6-4-2/h23-26H,3-22H2,1-2H3. The van der Waals surface area contributed by atoms with Gasteiger partial charge in [0.05, 0.1) is 12.2 Å². The highest BCUT2D eigenvalue weighted by Gasteiger charge is 2.37. The molecule has 0 radical (unpaired) electrons. The number of ether oxygens (including phenoxy) is 1. The van der Waals surface area contributed by atoms with Crippen molar-refractivity contribution in [2.24, 2.45) is 0 Å². The third kappa shape index (κ3) is 22.3. The molecule has 1 nitrogen and oxygen atoms in total. The van der Waals surface area contributed by atoms with Gasteiger partial charge in [-0.3, -0.25) is 0 Å². The van der Waals surface area contributed by atoms with E-state index < -0.39 is 36.2 Å². The van der Waals surface area contributed by atoms with Crippen molar-refractivity contribution < 1.29 is 39.9 Å². The summed E-state index contributed by atoms with van der Waals surface area (Å²) < 4.78 is 110. The predicted octanol–water partition coefficient (Wildman–Crippen LogP) is 12.4. The molecule has 0 aliphatic heterocycles. The number of alkyl halides is 6. The topological polar surface area (TPSA) is 9.23 Å². The second-order valence-corrected chi connectivity index (χ2v) is 10.5. The lowest BCUT2D eigenvalue weighted by Gasteiger charge is -2.22. The monoisotopic (exact) mass is 578 g/mol. The molecule has 0 aliphatic rings. The molecule has 0 bridgehead atoms. The third-order valence-corrected chi connectivity index (χ3v) is 6.74. The molecule has 2 atom stereocenters. The van der Waals surface area contributed by atoms with Gasteiger partial charge in [0.1, 0.15) is 0 Å². The maximum Gasteiger partial charge on any atom is 0.442 e. The minimum Gasteiger partial charge on any atom is -0.367 e. The fraction of sp³-hybridized carbons (Fsp3) is 0.867. The summed E-state index contributed by atoms with van der Waals surface area (Å²) in [5.41, 5.74) is 0. The third-order valence-electron chi connectivity index (χ3n) is 6.74. The smallest absolute Gasteiger partial charge is 0.367 e. The van der Waals surface area contributed by atoms with Gasteiger partial charge in [0.2, 0.25) is 11.7 Å². The van der Waals surface area contributed by atoms with E-state index in [9.17, 15) is 35.1 Å². The quantitative estimate of drug-likeness (QED) is 0.0818. The van der Waals surface area contributed by atoms with Gasteiger partial charge in [-0.15, -0.1) is 0 Å². The Kier molecular flexibility index (Phi) is 21.9. The van der Waals surface area contributed by atoms with Crippen LogP contribution >= 0.6 is 0 Å². The van der Waals surface area contributed by atoms with Gasteiger partial charge in [-0.2, -0.15) is 26.3 Å². The summed E-state index contributed by atoms with van der Waals surface area (Å²) in [6, 6.07) is 0. The van der Waals surface area contributed by atoms with E-state index >= 15 is 0 Å². The van der Waals surface area contributed by atoms with E-state index in [0.29, 0.717) is 25.7 Å². The summed E-state index contributed by atoms with van der Waals surface area (Å²) in [7, 11) is 0. The van der Waals surface area contributed by atoms with Gasteiger partial charge in [-0.05, 0) is 25.0 Å². The zero-order valence-corrected chi connectivity index (χ0v) is 23.9. The molecule has 0 aromatic carbocycles. The van der Waals surface area contributed by atoms with Gasteiger partial charge < -0.3 is 4.74 Å². The summed E-state index contributed by atoms with van der Waals surface area (Å²) in [5, 5.41) is 0. The molecule has 0 aromatic heterocycles. The molecule has 0 aromatic rings. The van der Waals surface area contributed by atoms with Crippen LogP contribution in [0.25, 0.3) is 0 Å². The molecule has 0 saturated heterocycles. The number of halogens is 8. The van der Waals surface area contributed by atoms with Crippen LogP contribution in [0.1, 0.15) is 142 Å². The second kappa shape index (κ2) is 22.6. The van der Waals surface area contributed by atoms with Gasteiger partial charge in [0.15, 0.2) is 0 Å². The first-order chi connectivity index (χ1) is 18.4. The first-order valence-corrected chi connectivity index (χ1v) is 15.0. The summed E-state index contributed by atoms with van der Waals surface area (Å²) in [6.07, 6.45) is 4.53. The van der Waals surface area contributed by atoms with Crippen LogP contribution in [0.15, 0.2) is 23.8 Å². The minimum absolute atomic E-state index is 0.00900. The van der Waals surface area contributed by atoms with Crippen LogP contribution < -0.4 is 0 Å². The molecule has 0 aliphatic carbocycles. The van der Waals surface area contributed by atoms with Crippen LogP contribution in [-0.4, -0.2) is 24.6 Å². The van der Waals surface area contributed by atoms with Crippen molar-refractivity contribution in [1.82, 2.24) is 0 Å². The number of rotatable bonds is 24. The van der Waals surface area contributed by atoms with Crippen molar-refractivity contribution in [2.45, 2.75) is 167 Å². The van der Waals surface area contributed by atoms with E-state index in [1.54, 1.807) is 0 Å². The average Bonchev–Trinajstić information content (AvgIpc) is 2.85. The average molecular weight is 579 g/mol. The van der Waals surface area contributed by atoms with Crippen LogP contribution in [0.2, 0.25) is 0 Å². The molecule has 39 heavy (non-hydrogen) atoms. The van der Waals surface area contributed by atoms with Crippen molar-refractivity contribution in [2.75, 3.05) is 0 Å². The Morgan fingerprint density at radius 2 is 0.744 bits per heavy atom. The summed E-state index contributed by atoms with van der Waals surface area (Å²) in [4.78, 5) is 0. The maximum absolute atomic E-state index is 13.7. The predicted molar refractivity (Wildman–Crippen MR) is 143 cm³/mol. The van der Waals surface area contributed by atoms with E-state index in [0.717, 1.165) is 77.0 Å². The molecule has 0 rings (SSSR count). The molecule has 0 saturated carbocycles. The van der Waals surface area contributed by atoms with Crippen LogP contribution in [0, 0.1) is 0 Å². The summed E-state index contributed by atoms with van der Waals surface area (Å²) in [6.45, 7) is 4.26. The molecule has 0 heterocycles. The highest BCUT2D eigenvalue weighted by Crippen LogP contribution is 2.31. The Morgan fingerprint density at radius 3 is 1.00 bits per heavy atom. The van der Waals surface area contributed by atoms with Crippen molar-refractivity contribution >= 4 is 0 Å². The van der Waals surface area contributed by atoms with Gasteiger partial charge in [-0.25, -0.2) is 8.78 Å². The lowest BCUT2D eigenvalue weighted by molar-refractivity contribution is -0.111. The van der Waals surface area contributed by atoms with Crippen LogP contribution in [0.4, 0.5) is 35.1 Å². The zero-order valence-electron chi connectivity index (χ0n) is 23.9. The zero-order chi connectivity index (χ0) is 29.6. The van der Waals surface area contributed by atoms with Crippen molar-refractivity contribution in [3.8, 4) is 0 Å². The highest BCUT2D eigenvalue weighted by molar-refractivity contribution is 5.06. The van der Waals surface area contributed by atoms with Crippen LogP contribution in [0.5, 0.6) is 0 Å². The Hall–Kier alpha value is -1.12. The van der Waals surface area contributed by atoms with Crippen molar-refractivity contribution in [3.05, 3.63) is 23.8 Å². The first-order valence-electron chi connectivity index (χ1n) is 15.0. The number of hydrogen-bond acceptors (Lipinski definition) is 1. The van der Waals surface area contributed by atoms with E-state index in [1.807, 2.05) is 0 Å². The second-order valence-electron chi connectivity index (χ2n) is 10.5. The molecule has 0 amide bonds. The lowest BCUT2D eigenvalue weighted by atomic mass is 10.0. The Bertz CT molecular complexity index is 586. The first kappa shape index (κ1) is 37.9. The van der Waals surface area contributed by atoms with Gasteiger partial charge in [0, 0.05) is 0 Å². The highest BCUT2D eigenvalue weighted by atomic mass is 19.4. The molecule has 0 spiro atoms.